The maximum Gasteiger partial charge on any atom is 0.238 e. The summed E-state index contributed by atoms with van der Waals surface area (Å²) in [6.45, 7) is 4.97. The van der Waals surface area contributed by atoms with E-state index in [1.807, 2.05) is 92.7 Å². The largest absolute Gasteiger partial charge is 0.494 e. The first kappa shape index (κ1) is 24.3. The number of nitrogens with one attached hydrogen (secondary N) is 1. The van der Waals surface area contributed by atoms with Gasteiger partial charge in [-0.15, -0.1) is 0 Å². The number of aliphatic imine (C=N–C) groups is 1. The first-order valence-electron chi connectivity index (χ1n) is 11.5. The van der Waals surface area contributed by atoms with Crippen molar-refractivity contribution in [3.8, 4) is 11.5 Å². The Labute approximate surface area is 209 Å². The molecule has 1 N–H and O–H groups in total. The van der Waals surface area contributed by atoms with Crippen LogP contribution in [-0.4, -0.2) is 35.4 Å². The van der Waals surface area contributed by atoms with Crippen LogP contribution in [0.2, 0.25) is 0 Å². The molecule has 7 nitrogen and oxygen atoms in total. The number of carbonyl (C=O) groups is 2. The van der Waals surface area contributed by atoms with Crippen LogP contribution >= 0.6 is 11.8 Å². The summed E-state index contributed by atoms with van der Waals surface area (Å²) in [5.74, 6) is 1.02. The summed E-state index contributed by atoms with van der Waals surface area (Å²) in [5.41, 5.74) is 2.01. The van der Waals surface area contributed by atoms with E-state index < -0.39 is 5.25 Å². The summed E-state index contributed by atoms with van der Waals surface area (Å²) in [5, 5.41) is 2.72. The van der Waals surface area contributed by atoms with E-state index in [0.29, 0.717) is 35.4 Å². The van der Waals surface area contributed by atoms with Gasteiger partial charge in [-0.25, -0.2) is 4.99 Å². The summed E-state index contributed by atoms with van der Waals surface area (Å²) < 4.78 is 11.0. The average molecular weight is 490 g/mol. The van der Waals surface area contributed by atoms with Crippen molar-refractivity contribution in [3.63, 3.8) is 0 Å². The van der Waals surface area contributed by atoms with Crippen molar-refractivity contribution in [1.82, 2.24) is 0 Å². The molecule has 1 saturated heterocycles. The van der Waals surface area contributed by atoms with Crippen molar-refractivity contribution in [3.05, 3.63) is 78.9 Å². The Hall–Kier alpha value is -3.78. The molecule has 2 amide bonds. The number of ether oxygens (including phenoxy) is 2. The molecule has 0 radical (unpaired) electrons. The van der Waals surface area contributed by atoms with E-state index in [1.165, 1.54) is 11.8 Å². The van der Waals surface area contributed by atoms with Gasteiger partial charge >= 0.3 is 0 Å². The third-order valence-electron chi connectivity index (χ3n) is 5.16. The fourth-order valence-electron chi connectivity index (χ4n) is 3.55. The molecular weight excluding hydrogens is 462 g/mol. The number of rotatable bonds is 8. The lowest BCUT2D eigenvalue weighted by molar-refractivity contribution is -0.121. The van der Waals surface area contributed by atoms with Gasteiger partial charge in [-0.05, 0) is 74.5 Å². The monoisotopic (exact) mass is 489 g/mol. The second-order valence-electron chi connectivity index (χ2n) is 7.64. The van der Waals surface area contributed by atoms with E-state index in [0.717, 1.165) is 11.5 Å². The van der Waals surface area contributed by atoms with Crippen LogP contribution < -0.4 is 19.7 Å². The molecule has 4 rings (SSSR count). The van der Waals surface area contributed by atoms with Crippen LogP contribution in [0.1, 0.15) is 20.3 Å². The molecule has 1 fully saturated rings. The number of para-hydroxylation sites is 1. The fraction of sp³-hybridized carbons (Fsp3) is 0.222. The first-order chi connectivity index (χ1) is 17.1. The normalized spacial score (nSPS) is 16.7. The van der Waals surface area contributed by atoms with Gasteiger partial charge in [0.2, 0.25) is 11.8 Å². The number of thioether (sulfide) groups is 1. The summed E-state index contributed by atoms with van der Waals surface area (Å²) in [4.78, 5) is 32.6. The Morgan fingerprint density at radius 3 is 2.14 bits per heavy atom. The zero-order valence-electron chi connectivity index (χ0n) is 19.6. The average Bonchev–Trinajstić information content (AvgIpc) is 2.87. The van der Waals surface area contributed by atoms with Crippen molar-refractivity contribution in [2.45, 2.75) is 25.5 Å². The zero-order valence-corrected chi connectivity index (χ0v) is 20.5. The Morgan fingerprint density at radius 2 is 1.54 bits per heavy atom. The molecule has 35 heavy (non-hydrogen) atoms. The predicted octanol–water partition coefficient (Wildman–Crippen LogP) is 5.65. The van der Waals surface area contributed by atoms with Crippen LogP contribution in [0.25, 0.3) is 0 Å². The maximum atomic E-state index is 13.3. The van der Waals surface area contributed by atoms with Crippen molar-refractivity contribution in [1.29, 1.82) is 0 Å². The first-order valence-corrected chi connectivity index (χ1v) is 12.3. The van der Waals surface area contributed by atoms with E-state index in [9.17, 15) is 9.59 Å². The van der Waals surface area contributed by atoms with Gasteiger partial charge in [0, 0.05) is 12.1 Å². The highest BCUT2D eigenvalue weighted by atomic mass is 32.2. The second kappa shape index (κ2) is 11.6. The molecule has 0 spiro atoms. The highest BCUT2D eigenvalue weighted by Gasteiger charge is 2.37. The standard InChI is InChI=1S/C27H27N3O4S/c1-3-33-22-14-10-20(11-15-22)29-27-30(21-12-16-23(17-13-21)34-4-2)25(31)18-24(35-27)26(32)28-19-8-6-5-7-9-19/h5-17,24H,3-4,18H2,1-2H3,(H,28,32)/t24-/m1/s1. The van der Waals surface area contributed by atoms with Crippen LogP contribution in [0, 0.1) is 0 Å². The third kappa shape index (κ3) is 6.22. The summed E-state index contributed by atoms with van der Waals surface area (Å²) >= 11 is 1.27. The molecule has 3 aromatic rings. The molecule has 0 bridgehead atoms. The number of benzene rings is 3. The van der Waals surface area contributed by atoms with Gasteiger partial charge < -0.3 is 14.8 Å². The number of carbonyl (C=O) groups excluding carboxylic acids is 2. The van der Waals surface area contributed by atoms with Gasteiger partial charge in [0.1, 0.15) is 16.7 Å². The quantitative estimate of drug-likeness (QED) is 0.442. The number of amidine groups is 1. The van der Waals surface area contributed by atoms with E-state index in [2.05, 4.69) is 5.32 Å². The lowest BCUT2D eigenvalue weighted by Crippen LogP contribution is -2.45. The molecule has 0 unspecified atom stereocenters. The Bertz CT molecular complexity index is 1180. The second-order valence-corrected chi connectivity index (χ2v) is 8.81. The highest BCUT2D eigenvalue weighted by molar-refractivity contribution is 8.15. The van der Waals surface area contributed by atoms with Crippen LogP contribution in [0.15, 0.2) is 83.9 Å². The molecule has 180 valence electrons. The molecule has 1 heterocycles. The predicted molar refractivity (Wildman–Crippen MR) is 141 cm³/mol. The molecule has 1 aliphatic heterocycles. The Balaban J connectivity index is 1.63. The fourth-order valence-corrected chi connectivity index (χ4v) is 4.67. The van der Waals surface area contributed by atoms with Crippen molar-refractivity contribution in [2.75, 3.05) is 23.4 Å². The SMILES string of the molecule is CCOc1ccc(N=C2S[C@@H](C(=O)Nc3ccccc3)CC(=O)N2c2ccc(OCC)cc2)cc1. The lowest BCUT2D eigenvalue weighted by atomic mass is 10.2. The number of nitrogens with zero attached hydrogens (tertiary/aromatic N) is 2. The van der Waals surface area contributed by atoms with Crippen molar-refractivity contribution < 1.29 is 19.1 Å². The maximum absolute atomic E-state index is 13.3. The zero-order chi connectivity index (χ0) is 24.6. The van der Waals surface area contributed by atoms with E-state index in [-0.39, 0.29) is 18.2 Å². The third-order valence-corrected chi connectivity index (χ3v) is 6.31. The molecule has 3 aromatic carbocycles. The minimum Gasteiger partial charge on any atom is -0.494 e. The lowest BCUT2D eigenvalue weighted by Gasteiger charge is -2.31. The van der Waals surface area contributed by atoms with Crippen LogP contribution in [-0.2, 0) is 9.59 Å². The van der Waals surface area contributed by atoms with E-state index in [4.69, 9.17) is 14.5 Å². The molecule has 0 aromatic heterocycles. The summed E-state index contributed by atoms with van der Waals surface area (Å²) in [6.07, 6.45) is 0.0544. The van der Waals surface area contributed by atoms with Crippen molar-refractivity contribution in [2.24, 2.45) is 4.99 Å². The number of hydrogen-bond donors (Lipinski definition) is 1. The summed E-state index contributed by atoms with van der Waals surface area (Å²) in [7, 11) is 0. The minimum atomic E-state index is -0.608. The van der Waals surface area contributed by atoms with Crippen LogP contribution in [0.4, 0.5) is 17.1 Å². The van der Waals surface area contributed by atoms with Gasteiger partial charge in [0.25, 0.3) is 0 Å². The molecular formula is C27H27N3O4S. The minimum absolute atomic E-state index is 0.0544. The Kier molecular flexibility index (Phi) is 8.05. The van der Waals surface area contributed by atoms with Gasteiger partial charge in [-0.3, -0.25) is 14.5 Å². The van der Waals surface area contributed by atoms with E-state index >= 15 is 0 Å². The van der Waals surface area contributed by atoms with Gasteiger partial charge in [0.15, 0.2) is 5.17 Å². The Morgan fingerprint density at radius 1 is 0.943 bits per heavy atom. The van der Waals surface area contributed by atoms with E-state index in [1.54, 1.807) is 4.90 Å². The molecule has 8 heteroatoms. The van der Waals surface area contributed by atoms with Gasteiger partial charge in [0.05, 0.1) is 24.6 Å². The molecule has 0 aliphatic carbocycles. The van der Waals surface area contributed by atoms with Gasteiger partial charge in [-0.1, -0.05) is 30.0 Å². The van der Waals surface area contributed by atoms with Gasteiger partial charge in [-0.2, -0.15) is 0 Å². The van der Waals surface area contributed by atoms with Crippen LogP contribution in [0.5, 0.6) is 11.5 Å². The topological polar surface area (TPSA) is 80.2 Å². The molecule has 1 aliphatic rings. The highest BCUT2D eigenvalue weighted by Crippen LogP contribution is 2.34. The van der Waals surface area contributed by atoms with Crippen molar-refractivity contribution >= 4 is 45.8 Å². The smallest absolute Gasteiger partial charge is 0.238 e. The number of amides is 2. The number of anilines is 2. The summed E-state index contributed by atoms with van der Waals surface area (Å²) in [6, 6.07) is 23.8. The number of hydrogen-bond acceptors (Lipinski definition) is 6. The van der Waals surface area contributed by atoms with Crippen LogP contribution in [0.3, 0.4) is 0 Å². The molecule has 1 atom stereocenters. The molecule has 0 saturated carbocycles.